The van der Waals surface area contributed by atoms with E-state index in [1.807, 2.05) is 0 Å². The van der Waals surface area contributed by atoms with Gasteiger partial charge in [0.15, 0.2) is 0 Å². The van der Waals surface area contributed by atoms with Crippen molar-refractivity contribution in [1.29, 1.82) is 0 Å². The van der Waals surface area contributed by atoms with E-state index in [-0.39, 0.29) is 12.1 Å². The molecule has 2 rings (SSSR count). The maximum atomic E-state index is 12.9. The third-order valence-electron chi connectivity index (χ3n) is 3.14. The number of para-hydroxylation sites is 1. The normalized spacial score (nSPS) is 19.5. The molecule has 1 amide bonds. The van der Waals surface area contributed by atoms with Gasteiger partial charge >= 0.3 is 16.6 Å². The third-order valence-corrected chi connectivity index (χ3v) is 4.25. The topological polar surface area (TPSA) is 63.7 Å². The van der Waals surface area contributed by atoms with E-state index in [1.165, 1.54) is 18.2 Å². The fraction of sp³-hybridized carbons (Fsp3) is 0.417. The summed E-state index contributed by atoms with van der Waals surface area (Å²) in [5, 5.41) is -1.49. The molecular weight excluding hydrogens is 330 g/mol. The van der Waals surface area contributed by atoms with Crippen LogP contribution in [0.15, 0.2) is 24.3 Å². The number of likely N-dealkylation sites (tertiary alicyclic amines) is 1. The molecule has 0 radical (unpaired) electrons. The van der Waals surface area contributed by atoms with E-state index in [4.69, 9.17) is 0 Å². The van der Waals surface area contributed by atoms with Crippen molar-refractivity contribution in [2.45, 2.75) is 24.6 Å². The monoisotopic (exact) mass is 341 g/mol. The Hall–Kier alpha value is -1.84. The van der Waals surface area contributed by atoms with Crippen LogP contribution in [0.1, 0.15) is 12.0 Å². The molecule has 1 aromatic carbocycles. The zero-order chi connectivity index (χ0) is 16.5. The number of rotatable bonds is 4. The molecule has 0 N–H and O–H groups in total. The van der Waals surface area contributed by atoms with Crippen molar-refractivity contribution in [3.8, 4) is 5.75 Å². The summed E-state index contributed by atoms with van der Waals surface area (Å²) in [6.07, 6.45) is -5.42. The van der Waals surface area contributed by atoms with Crippen LogP contribution in [-0.2, 0) is 21.6 Å². The minimum absolute atomic E-state index is 0.0464. The summed E-state index contributed by atoms with van der Waals surface area (Å²) in [7, 11) is -4.87. The van der Waals surface area contributed by atoms with Crippen molar-refractivity contribution in [3.63, 3.8) is 0 Å². The molecule has 1 unspecified atom stereocenters. The molecule has 0 bridgehead atoms. The fourth-order valence-electron chi connectivity index (χ4n) is 2.14. The molecular formula is C12H11F4NO4S. The number of halogens is 4. The second-order valence-corrected chi connectivity index (χ2v) is 6.35. The Morgan fingerprint density at radius 2 is 1.91 bits per heavy atom. The Morgan fingerprint density at radius 1 is 1.27 bits per heavy atom. The zero-order valence-electron chi connectivity index (χ0n) is 11.0. The van der Waals surface area contributed by atoms with Gasteiger partial charge in [0.1, 0.15) is 11.0 Å². The number of alkyl halides is 3. The van der Waals surface area contributed by atoms with Crippen LogP contribution in [0.2, 0.25) is 0 Å². The van der Waals surface area contributed by atoms with E-state index < -0.39 is 46.5 Å². The summed E-state index contributed by atoms with van der Waals surface area (Å²) < 4.78 is 75.3. The van der Waals surface area contributed by atoms with Crippen molar-refractivity contribution in [2.24, 2.45) is 0 Å². The van der Waals surface area contributed by atoms with Crippen molar-refractivity contribution < 1.29 is 35.0 Å². The summed E-state index contributed by atoms with van der Waals surface area (Å²) >= 11 is 0. The van der Waals surface area contributed by atoms with Crippen LogP contribution in [0, 0.1) is 0 Å². The minimum atomic E-state index is -4.89. The van der Waals surface area contributed by atoms with E-state index >= 15 is 0 Å². The Balaban J connectivity index is 2.16. The summed E-state index contributed by atoms with van der Waals surface area (Å²) in [4.78, 5) is 12.7. The number of hydrogen-bond donors (Lipinski definition) is 0. The summed E-state index contributed by atoms with van der Waals surface area (Å²) in [6, 6.07) is 5.16. The van der Waals surface area contributed by atoms with Gasteiger partial charge in [-0.3, -0.25) is 4.79 Å². The number of ether oxygens (including phenoxy) is 1. The minimum Gasteiger partial charge on any atom is -0.405 e. The number of carbonyl (C=O) groups is 1. The molecule has 1 aliphatic heterocycles. The van der Waals surface area contributed by atoms with E-state index in [0.29, 0.717) is 0 Å². The first kappa shape index (κ1) is 16.5. The predicted octanol–water partition coefficient (Wildman–Crippen LogP) is 1.99. The lowest BCUT2D eigenvalue weighted by Crippen LogP contribution is -2.27. The smallest absolute Gasteiger partial charge is 0.405 e. The van der Waals surface area contributed by atoms with Gasteiger partial charge in [-0.25, -0.2) is 0 Å². The Kier molecular flexibility index (Phi) is 4.32. The highest BCUT2D eigenvalue weighted by Gasteiger charge is 2.39. The zero-order valence-corrected chi connectivity index (χ0v) is 11.8. The van der Waals surface area contributed by atoms with Crippen LogP contribution in [0.5, 0.6) is 5.75 Å². The highest BCUT2D eigenvalue weighted by atomic mass is 32.3. The molecule has 1 saturated heterocycles. The maximum Gasteiger partial charge on any atom is 0.573 e. The van der Waals surface area contributed by atoms with Gasteiger partial charge in [-0.05, 0) is 6.07 Å². The van der Waals surface area contributed by atoms with Crippen LogP contribution in [0.3, 0.4) is 0 Å². The molecule has 10 heteroatoms. The quantitative estimate of drug-likeness (QED) is 0.621. The fourth-order valence-corrected chi connectivity index (χ4v) is 2.84. The second kappa shape index (κ2) is 5.75. The standard InChI is InChI=1S/C12H11F4NO4S/c13-12(14,15)21-10-4-2-1-3-8(10)6-17-7-9(5-11(17)18)22(16,19)20/h1-4,9H,5-7H2. The van der Waals surface area contributed by atoms with Gasteiger partial charge < -0.3 is 9.64 Å². The largest absolute Gasteiger partial charge is 0.573 e. The van der Waals surface area contributed by atoms with Crippen LogP contribution in [0.4, 0.5) is 17.1 Å². The number of amides is 1. The first-order valence-corrected chi connectivity index (χ1v) is 7.56. The SMILES string of the molecule is O=C1CC(S(=O)(=O)F)CN1Cc1ccccc1OC(F)(F)F. The molecule has 0 aliphatic carbocycles. The van der Waals surface area contributed by atoms with E-state index in [2.05, 4.69) is 4.74 Å². The lowest BCUT2D eigenvalue weighted by Gasteiger charge is -2.19. The summed E-state index contributed by atoms with van der Waals surface area (Å²) in [5.74, 6) is -1.14. The van der Waals surface area contributed by atoms with E-state index in [9.17, 15) is 30.3 Å². The molecule has 0 saturated carbocycles. The van der Waals surface area contributed by atoms with Crippen LogP contribution < -0.4 is 4.74 Å². The number of benzene rings is 1. The lowest BCUT2D eigenvalue weighted by molar-refractivity contribution is -0.275. The first-order valence-electron chi connectivity index (χ1n) is 6.11. The number of hydrogen-bond acceptors (Lipinski definition) is 4. The molecule has 122 valence electrons. The Labute approximate surface area is 123 Å². The molecule has 0 aromatic heterocycles. The third kappa shape index (κ3) is 4.09. The Bertz CT molecular complexity index is 674. The highest BCUT2D eigenvalue weighted by Crippen LogP contribution is 2.29. The predicted molar refractivity (Wildman–Crippen MR) is 67.0 cm³/mol. The molecule has 22 heavy (non-hydrogen) atoms. The van der Waals surface area contributed by atoms with Gasteiger partial charge in [0, 0.05) is 25.1 Å². The molecule has 1 aliphatic rings. The number of carbonyl (C=O) groups excluding carboxylic acids is 1. The van der Waals surface area contributed by atoms with Gasteiger partial charge in [0.25, 0.3) is 0 Å². The van der Waals surface area contributed by atoms with Gasteiger partial charge in [0.05, 0.1) is 0 Å². The van der Waals surface area contributed by atoms with Crippen LogP contribution >= 0.6 is 0 Å². The molecule has 1 aromatic rings. The number of nitrogens with zero attached hydrogens (tertiary/aromatic N) is 1. The van der Waals surface area contributed by atoms with Crippen molar-refractivity contribution in [3.05, 3.63) is 29.8 Å². The van der Waals surface area contributed by atoms with Crippen LogP contribution in [0.25, 0.3) is 0 Å². The molecule has 5 nitrogen and oxygen atoms in total. The summed E-state index contributed by atoms with van der Waals surface area (Å²) in [6.45, 7) is -0.699. The van der Waals surface area contributed by atoms with Crippen molar-refractivity contribution in [1.82, 2.24) is 4.90 Å². The van der Waals surface area contributed by atoms with Crippen LogP contribution in [-0.4, -0.2) is 37.4 Å². The molecule has 1 heterocycles. The van der Waals surface area contributed by atoms with Gasteiger partial charge in [-0.1, -0.05) is 18.2 Å². The lowest BCUT2D eigenvalue weighted by atomic mass is 10.2. The first-order chi connectivity index (χ1) is 10.1. The second-order valence-electron chi connectivity index (χ2n) is 4.73. The average Bonchev–Trinajstić information content (AvgIpc) is 2.72. The van der Waals surface area contributed by atoms with E-state index in [0.717, 1.165) is 11.0 Å². The maximum absolute atomic E-state index is 12.9. The van der Waals surface area contributed by atoms with Gasteiger partial charge in [-0.15, -0.1) is 17.1 Å². The molecule has 1 fully saturated rings. The average molecular weight is 341 g/mol. The van der Waals surface area contributed by atoms with Crippen molar-refractivity contribution in [2.75, 3.05) is 6.54 Å². The molecule has 1 atom stereocenters. The Morgan fingerprint density at radius 3 is 2.45 bits per heavy atom. The highest BCUT2D eigenvalue weighted by molar-refractivity contribution is 7.87. The molecule has 0 spiro atoms. The van der Waals surface area contributed by atoms with Crippen molar-refractivity contribution >= 4 is 16.1 Å². The van der Waals surface area contributed by atoms with Gasteiger partial charge in [-0.2, -0.15) is 8.42 Å². The van der Waals surface area contributed by atoms with E-state index in [1.54, 1.807) is 0 Å². The summed E-state index contributed by atoms with van der Waals surface area (Å²) in [5.41, 5.74) is 0.0464. The van der Waals surface area contributed by atoms with Gasteiger partial charge in [0.2, 0.25) is 5.91 Å².